The van der Waals surface area contributed by atoms with Crippen LogP contribution in [0.15, 0.2) is 29.1 Å². The molecular weight excluding hydrogens is 218 g/mol. The van der Waals surface area contributed by atoms with Gasteiger partial charge in [-0.15, -0.1) is 0 Å². The SMILES string of the molecule is CCc1cc(C(=O)O)cc2ccc(=O)n(C)c12. The molecule has 0 aliphatic rings. The molecule has 1 N–H and O–H groups in total. The van der Waals surface area contributed by atoms with Crippen LogP contribution in [0, 0.1) is 0 Å². The van der Waals surface area contributed by atoms with Crippen LogP contribution in [0.25, 0.3) is 10.9 Å². The summed E-state index contributed by atoms with van der Waals surface area (Å²) in [7, 11) is 1.70. The molecule has 4 heteroatoms. The van der Waals surface area contributed by atoms with E-state index in [4.69, 9.17) is 5.11 Å². The number of aromatic carboxylic acids is 1. The highest BCUT2D eigenvalue weighted by Crippen LogP contribution is 2.20. The van der Waals surface area contributed by atoms with Crippen LogP contribution in [-0.2, 0) is 13.5 Å². The lowest BCUT2D eigenvalue weighted by molar-refractivity contribution is 0.0697. The maximum atomic E-state index is 11.6. The molecule has 2 aromatic rings. The molecule has 88 valence electrons. The second-order valence-electron chi connectivity index (χ2n) is 3.96. The Bertz CT molecular complexity index is 655. The summed E-state index contributed by atoms with van der Waals surface area (Å²) in [5.74, 6) is -0.949. The van der Waals surface area contributed by atoms with Crippen molar-refractivity contribution < 1.29 is 9.90 Å². The Hall–Kier alpha value is -2.10. The van der Waals surface area contributed by atoms with Gasteiger partial charge in [0.15, 0.2) is 0 Å². The van der Waals surface area contributed by atoms with Gasteiger partial charge >= 0.3 is 5.97 Å². The number of carboxylic acids is 1. The maximum Gasteiger partial charge on any atom is 0.335 e. The van der Waals surface area contributed by atoms with Crippen molar-refractivity contribution >= 4 is 16.9 Å². The van der Waals surface area contributed by atoms with Gasteiger partial charge in [-0.3, -0.25) is 4.79 Å². The Labute approximate surface area is 98.1 Å². The van der Waals surface area contributed by atoms with E-state index in [9.17, 15) is 9.59 Å². The number of hydrogen-bond acceptors (Lipinski definition) is 2. The summed E-state index contributed by atoms with van der Waals surface area (Å²) in [5.41, 5.74) is 1.85. The molecule has 2 rings (SSSR count). The van der Waals surface area contributed by atoms with Crippen LogP contribution in [0.5, 0.6) is 0 Å². The molecule has 0 fully saturated rings. The summed E-state index contributed by atoms with van der Waals surface area (Å²) in [6.07, 6.45) is 0.689. The van der Waals surface area contributed by atoms with Crippen molar-refractivity contribution in [1.82, 2.24) is 4.57 Å². The van der Waals surface area contributed by atoms with Crippen molar-refractivity contribution in [3.63, 3.8) is 0 Å². The van der Waals surface area contributed by atoms with Crippen molar-refractivity contribution in [3.05, 3.63) is 45.7 Å². The molecular formula is C13H13NO3. The van der Waals surface area contributed by atoms with Crippen LogP contribution in [0.4, 0.5) is 0 Å². The summed E-state index contributed by atoms with van der Waals surface area (Å²) < 4.78 is 1.56. The highest BCUT2D eigenvalue weighted by Gasteiger charge is 2.10. The minimum absolute atomic E-state index is 0.0877. The minimum atomic E-state index is -0.949. The van der Waals surface area contributed by atoms with Crippen molar-refractivity contribution in [1.29, 1.82) is 0 Å². The summed E-state index contributed by atoms with van der Waals surface area (Å²) in [6.45, 7) is 1.94. The Morgan fingerprint density at radius 1 is 1.35 bits per heavy atom. The monoisotopic (exact) mass is 231 g/mol. The predicted molar refractivity (Wildman–Crippen MR) is 65.5 cm³/mol. The summed E-state index contributed by atoms with van der Waals surface area (Å²) >= 11 is 0. The summed E-state index contributed by atoms with van der Waals surface area (Å²) in [4.78, 5) is 22.6. The molecule has 0 atom stereocenters. The topological polar surface area (TPSA) is 59.3 Å². The van der Waals surface area contributed by atoms with E-state index in [-0.39, 0.29) is 11.1 Å². The van der Waals surface area contributed by atoms with E-state index in [0.717, 1.165) is 16.5 Å². The number of fused-ring (bicyclic) bond motifs is 1. The smallest absolute Gasteiger partial charge is 0.335 e. The first-order valence-corrected chi connectivity index (χ1v) is 5.40. The lowest BCUT2D eigenvalue weighted by Crippen LogP contribution is -2.16. The van der Waals surface area contributed by atoms with Gasteiger partial charge in [0.2, 0.25) is 0 Å². The van der Waals surface area contributed by atoms with Crippen molar-refractivity contribution in [2.24, 2.45) is 7.05 Å². The van der Waals surface area contributed by atoms with Crippen molar-refractivity contribution in [2.75, 3.05) is 0 Å². The van der Waals surface area contributed by atoms with Gasteiger partial charge in [0.1, 0.15) is 0 Å². The highest BCUT2D eigenvalue weighted by molar-refractivity contribution is 5.94. The third-order valence-electron chi connectivity index (χ3n) is 2.92. The van der Waals surface area contributed by atoms with Gasteiger partial charge in [0, 0.05) is 13.1 Å². The Kier molecular flexibility index (Phi) is 2.71. The fraction of sp³-hybridized carbons (Fsp3) is 0.231. The second-order valence-corrected chi connectivity index (χ2v) is 3.96. The number of aromatic nitrogens is 1. The lowest BCUT2D eigenvalue weighted by atomic mass is 10.0. The van der Waals surface area contributed by atoms with E-state index in [0.29, 0.717) is 6.42 Å². The van der Waals surface area contributed by atoms with E-state index < -0.39 is 5.97 Å². The number of carbonyl (C=O) groups is 1. The lowest BCUT2D eigenvalue weighted by Gasteiger charge is -2.10. The summed E-state index contributed by atoms with van der Waals surface area (Å²) in [5, 5.41) is 9.80. The normalized spacial score (nSPS) is 10.7. The van der Waals surface area contributed by atoms with E-state index in [1.54, 1.807) is 29.8 Å². The van der Waals surface area contributed by atoms with Crippen LogP contribution >= 0.6 is 0 Å². The standard InChI is InChI=1S/C13H13NO3/c1-3-8-6-10(13(16)17)7-9-4-5-11(15)14(2)12(8)9/h4-7H,3H2,1-2H3,(H,16,17). The van der Waals surface area contributed by atoms with Crippen LogP contribution in [0.2, 0.25) is 0 Å². The number of pyridine rings is 1. The Morgan fingerprint density at radius 2 is 2.06 bits per heavy atom. The van der Waals surface area contributed by atoms with Crippen LogP contribution < -0.4 is 5.56 Å². The molecule has 0 radical (unpaired) electrons. The van der Waals surface area contributed by atoms with E-state index >= 15 is 0 Å². The number of benzene rings is 1. The molecule has 1 aromatic heterocycles. The van der Waals surface area contributed by atoms with Crippen LogP contribution in [-0.4, -0.2) is 15.6 Å². The van der Waals surface area contributed by atoms with Crippen molar-refractivity contribution in [3.8, 4) is 0 Å². The minimum Gasteiger partial charge on any atom is -0.478 e. The molecule has 0 saturated carbocycles. The summed E-state index contributed by atoms with van der Waals surface area (Å²) in [6, 6.07) is 6.34. The molecule has 0 bridgehead atoms. The number of nitrogens with zero attached hydrogens (tertiary/aromatic N) is 1. The van der Waals surface area contributed by atoms with Gasteiger partial charge in [-0.05, 0) is 35.6 Å². The molecule has 1 heterocycles. The first kappa shape index (κ1) is 11.4. The molecule has 0 amide bonds. The fourth-order valence-corrected chi connectivity index (χ4v) is 2.03. The molecule has 4 nitrogen and oxygen atoms in total. The first-order valence-electron chi connectivity index (χ1n) is 5.40. The Morgan fingerprint density at radius 3 is 2.65 bits per heavy atom. The quantitative estimate of drug-likeness (QED) is 0.857. The molecule has 0 saturated heterocycles. The Balaban J connectivity index is 2.92. The van der Waals surface area contributed by atoms with E-state index in [1.807, 2.05) is 6.92 Å². The predicted octanol–water partition coefficient (Wildman–Crippen LogP) is 1.80. The number of aryl methyl sites for hydroxylation is 2. The van der Waals surface area contributed by atoms with Gasteiger partial charge in [-0.1, -0.05) is 6.92 Å². The largest absolute Gasteiger partial charge is 0.478 e. The molecule has 0 unspecified atom stereocenters. The average molecular weight is 231 g/mol. The van der Waals surface area contributed by atoms with Gasteiger partial charge in [-0.2, -0.15) is 0 Å². The third kappa shape index (κ3) is 1.82. The van der Waals surface area contributed by atoms with Gasteiger partial charge in [0.05, 0.1) is 11.1 Å². The highest BCUT2D eigenvalue weighted by atomic mass is 16.4. The fourth-order valence-electron chi connectivity index (χ4n) is 2.03. The molecule has 17 heavy (non-hydrogen) atoms. The maximum absolute atomic E-state index is 11.6. The molecule has 0 aliphatic heterocycles. The average Bonchev–Trinajstić information content (AvgIpc) is 2.32. The number of rotatable bonds is 2. The third-order valence-corrected chi connectivity index (χ3v) is 2.92. The van der Waals surface area contributed by atoms with Gasteiger partial charge in [-0.25, -0.2) is 4.79 Å². The van der Waals surface area contributed by atoms with E-state index in [2.05, 4.69) is 0 Å². The zero-order valence-corrected chi connectivity index (χ0v) is 9.73. The first-order chi connectivity index (χ1) is 8.04. The van der Waals surface area contributed by atoms with Crippen molar-refractivity contribution in [2.45, 2.75) is 13.3 Å². The van der Waals surface area contributed by atoms with Gasteiger partial charge in [0.25, 0.3) is 5.56 Å². The van der Waals surface area contributed by atoms with Crippen LogP contribution in [0.3, 0.4) is 0 Å². The zero-order chi connectivity index (χ0) is 12.6. The molecule has 0 spiro atoms. The van der Waals surface area contributed by atoms with E-state index in [1.165, 1.54) is 6.07 Å². The second kappa shape index (κ2) is 4.05. The van der Waals surface area contributed by atoms with Crippen LogP contribution in [0.1, 0.15) is 22.8 Å². The number of hydrogen-bond donors (Lipinski definition) is 1. The number of carboxylic acid groups (broad SMARTS) is 1. The molecule has 0 aliphatic carbocycles. The van der Waals surface area contributed by atoms with Gasteiger partial charge < -0.3 is 9.67 Å². The molecule has 1 aromatic carbocycles. The zero-order valence-electron chi connectivity index (χ0n) is 9.73.